The van der Waals surface area contributed by atoms with E-state index in [0.717, 1.165) is 13.0 Å². The molecule has 1 aliphatic heterocycles. The predicted octanol–water partition coefficient (Wildman–Crippen LogP) is 2.06. The molecule has 5 nitrogen and oxygen atoms in total. The number of anilines is 1. The first-order valence-corrected chi connectivity index (χ1v) is 8.24. The van der Waals surface area contributed by atoms with Gasteiger partial charge >= 0.3 is 0 Å². The molecule has 0 aromatic carbocycles. The van der Waals surface area contributed by atoms with Crippen molar-refractivity contribution >= 4 is 22.9 Å². The largest absolute Gasteiger partial charge is 0.396 e. The fourth-order valence-corrected chi connectivity index (χ4v) is 4.15. The highest BCUT2D eigenvalue weighted by molar-refractivity contribution is 7.10. The number of carbonyl (C=O) groups excluding carboxylic acids is 1. The van der Waals surface area contributed by atoms with Gasteiger partial charge in [-0.25, -0.2) is 0 Å². The molecule has 2 aliphatic rings. The van der Waals surface area contributed by atoms with Crippen LogP contribution in [0.1, 0.15) is 29.3 Å². The fraction of sp³-hybridized carbons (Fsp3) is 0.467. The van der Waals surface area contributed by atoms with E-state index in [1.54, 1.807) is 17.1 Å². The number of rotatable bonds is 3. The minimum atomic E-state index is 0.145. The highest BCUT2D eigenvalue weighted by Crippen LogP contribution is 2.48. The van der Waals surface area contributed by atoms with Gasteiger partial charge in [0.15, 0.2) is 0 Å². The number of nitrogens with two attached hydrogens (primary N) is 1. The number of aromatic nitrogens is 2. The van der Waals surface area contributed by atoms with Crippen LogP contribution in [0.25, 0.3) is 0 Å². The molecule has 1 unspecified atom stereocenters. The van der Waals surface area contributed by atoms with Crippen LogP contribution in [-0.4, -0.2) is 27.1 Å². The summed E-state index contributed by atoms with van der Waals surface area (Å²) in [6, 6.07) is 2.48. The van der Waals surface area contributed by atoms with Crippen molar-refractivity contribution in [3.8, 4) is 0 Å². The average molecular weight is 302 g/mol. The zero-order valence-corrected chi connectivity index (χ0v) is 12.6. The number of carbonyl (C=O) groups is 1. The average Bonchev–Trinajstić information content (AvgIpc) is 3.05. The summed E-state index contributed by atoms with van der Waals surface area (Å²) in [5.41, 5.74) is 7.64. The fourth-order valence-electron chi connectivity index (χ4n) is 3.24. The summed E-state index contributed by atoms with van der Waals surface area (Å²) in [4.78, 5) is 16.2. The lowest BCUT2D eigenvalue weighted by Gasteiger charge is -2.36. The van der Waals surface area contributed by atoms with Crippen LogP contribution in [0, 0.1) is 5.92 Å². The van der Waals surface area contributed by atoms with E-state index in [0.29, 0.717) is 11.6 Å². The maximum absolute atomic E-state index is 12.7. The van der Waals surface area contributed by atoms with Crippen LogP contribution in [-0.2, 0) is 17.8 Å². The molecule has 2 aromatic heterocycles. The van der Waals surface area contributed by atoms with Crippen molar-refractivity contribution in [2.45, 2.75) is 31.8 Å². The van der Waals surface area contributed by atoms with Crippen LogP contribution in [0.5, 0.6) is 0 Å². The molecule has 0 bridgehead atoms. The summed E-state index contributed by atoms with van der Waals surface area (Å²) in [5.74, 6) is 0.789. The third kappa shape index (κ3) is 2.33. The van der Waals surface area contributed by atoms with Crippen molar-refractivity contribution < 1.29 is 4.79 Å². The van der Waals surface area contributed by atoms with Gasteiger partial charge in [0.2, 0.25) is 5.91 Å². The highest BCUT2D eigenvalue weighted by atomic mass is 32.1. The molecule has 0 saturated heterocycles. The monoisotopic (exact) mass is 302 g/mol. The summed E-state index contributed by atoms with van der Waals surface area (Å²) in [6.07, 6.45) is 6.74. The first-order valence-electron chi connectivity index (χ1n) is 7.36. The molecule has 110 valence electrons. The Kier molecular flexibility index (Phi) is 2.99. The van der Waals surface area contributed by atoms with E-state index in [-0.39, 0.29) is 18.5 Å². The van der Waals surface area contributed by atoms with Crippen LogP contribution in [0.15, 0.2) is 23.8 Å². The molecule has 6 heteroatoms. The number of hydrogen-bond acceptors (Lipinski definition) is 4. The van der Waals surface area contributed by atoms with E-state index >= 15 is 0 Å². The second-order valence-corrected chi connectivity index (χ2v) is 6.89. The van der Waals surface area contributed by atoms with E-state index < -0.39 is 0 Å². The highest BCUT2D eigenvalue weighted by Gasteiger charge is 2.41. The van der Waals surface area contributed by atoms with Crippen molar-refractivity contribution in [1.29, 1.82) is 0 Å². The zero-order valence-electron chi connectivity index (χ0n) is 11.7. The molecule has 4 rings (SSSR count). The standard InChI is InChI=1S/C15H18N4OS/c16-11-7-17-18(8-11)9-14(20)19-5-3-13-12(4-6-21-13)15(19)10-1-2-10/h4,6-8,10,15H,1-3,5,9,16H2. The van der Waals surface area contributed by atoms with Crippen molar-refractivity contribution in [3.63, 3.8) is 0 Å². The van der Waals surface area contributed by atoms with Gasteiger partial charge in [0, 0.05) is 17.6 Å². The molecule has 1 amide bonds. The Labute approximate surface area is 127 Å². The summed E-state index contributed by atoms with van der Waals surface area (Å²) >= 11 is 1.82. The van der Waals surface area contributed by atoms with Gasteiger partial charge in [-0.2, -0.15) is 5.10 Å². The number of nitrogen functional groups attached to an aromatic ring is 1. The number of fused-ring (bicyclic) bond motifs is 1. The normalized spacial score (nSPS) is 21.3. The van der Waals surface area contributed by atoms with Crippen LogP contribution >= 0.6 is 11.3 Å². The molecule has 21 heavy (non-hydrogen) atoms. The Morgan fingerprint density at radius 2 is 2.33 bits per heavy atom. The van der Waals surface area contributed by atoms with Gasteiger partial charge in [0.05, 0.1) is 17.9 Å². The van der Waals surface area contributed by atoms with Gasteiger partial charge in [-0.15, -0.1) is 11.3 Å². The molecule has 3 heterocycles. The van der Waals surface area contributed by atoms with E-state index in [1.807, 2.05) is 11.3 Å². The van der Waals surface area contributed by atoms with Crippen LogP contribution in [0.4, 0.5) is 5.69 Å². The lowest BCUT2D eigenvalue weighted by molar-refractivity contribution is -0.135. The number of thiophene rings is 1. The lowest BCUT2D eigenvalue weighted by atomic mass is 9.96. The van der Waals surface area contributed by atoms with E-state index in [4.69, 9.17) is 5.73 Å². The number of amides is 1. The zero-order chi connectivity index (χ0) is 14.4. The van der Waals surface area contributed by atoms with Crippen molar-refractivity contribution in [1.82, 2.24) is 14.7 Å². The Morgan fingerprint density at radius 1 is 1.48 bits per heavy atom. The van der Waals surface area contributed by atoms with Gasteiger partial charge in [-0.3, -0.25) is 9.48 Å². The lowest BCUT2D eigenvalue weighted by Crippen LogP contribution is -2.42. The molecular weight excluding hydrogens is 284 g/mol. The summed E-state index contributed by atoms with van der Waals surface area (Å²) in [7, 11) is 0. The Bertz CT molecular complexity index is 673. The molecule has 1 atom stereocenters. The first kappa shape index (κ1) is 12.9. The van der Waals surface area contributed by atoms with Gasteiger partial charge in [-0.05, 0) is 42.2 Å². The predicted molar refractivity (Wildman–Crippen MR) is 81.8 cm³/mol. The second-order valence-electron chi connectivity index (χ2n) is 5.89. The maximum atomic E-state index is 12.7. The van der Waals surface area contributed by atoms with Crippen LogP contribution in [0.3, 0.4) is 0 Å². The summed E-state index contributed by atoms with van der Waals surface area (Å²) in [6.45, 7) is 1.10. The number of nitrogens with zero attached hydrogens (tertiary/aromatic N) is 3. The van der Waals surface area contributed by atoms with E-state index in [9.17, 15) is 4.79 Å². The molecular formula is C15H18N4OS. The molecule has 2 N–H and O–H groups in total. The van der Waals surface area contributed by atoms with Gasteiger partial charge in [0.25, 0.3) is 0 Å². The second kappa shape index (κ2) is 4.87. The van der Waals surface area contributed by atoms with Crippen LogP contribution in [0.2, 0.25) is 0 Å². The molecule has 1 aliphatic carbocycles. The Morgan fingerprint density at radius 3 is 3.05 bits per heavy atom. The Hall–Kier alpha value is -1.82. The molecule has 1 saturated carbocycles. The third-order valence-corrected chi connectivity index (χ3v) is 5.35. The minimum Gasteiger partial charge on any atom is -0.396 e. The quantitative estimate of drug-likeness (QED) is 0.944. The molecule has 2 aromatic rings. The number of hydrogen-bond donors (Lipinski definition) is 1. The molecule has 0 spiro atoms. The first-order chi connectivity index (χ1) is 10.2. The third-order valence-electron chi connectivity index (χ3n) is 4.35. The van der Waals surface area contributed by atoms with Gasteiger partial charge in [0.1, 0.15) is 6.54 Å². The molecule has 0 radical (unpaired) electrons. The van der Waals surface area contributed by atoms with Gasteiger partial charge in [-0.1, -0.05) is 0 Å². The van der Waals surface area contributed by atoms with E-state index in [2.05, 4.69) is 21.4 Å². The SMILES string of the molecule is Nc1cnn(CC(=O)N2CCc3sccc3C2C2CC2)c1. The van der Waals surface area contributed by atoms with Gasteiger partial charge < -0.3 is 10.6 Å². The maximum Gasteiger partial charge on any atom is 0.244 e. The van der Waals surface area contributed by atoms with Crippen molar-refractivity contribution in [3.05, 3.63) is 34.3 Å². The van der Waals surface area contributed by atoms with Crippen molar-refractivity contribution in [2.75, 3.05) is 12.3 Å². The molecule has 1 fully saturated rings. The smallest absolute Gasteiger partial charge is 0.244 e. The summed E-state index contributed by atoms with van der Waals surface area (Å²) in [5, 5.41) is 6.27. The Balaban J connectivity index is 1.57. The topological polar surface area (TPSA) is 64.1 Å². The van der Waals surface area contributed by atoms with Crippen LogP contribution < -0.4 is 5.73 Å². The summed E-state index contributed by atoms with van der Waals surface area (Å²) < 4.78 is 1.63. The minimum absolute atomic E-state index is 0.145. The van der Waals surface area contributed by atoms with E-state index in [1.165, 1.54) is 23.3 Å². The van der Waals surface area contributed by atoms with Crippen molar-refractivity contribution in [2.24, 2.45) is 5.92 Å².